The number of pyridine rings is 1. The molecule has 0 saturated carbocycles. The van der Waals surface area contributed by atoms with E-state index >= 15 is 0 Å². The predicted octanol–water partition coefficient (Wildman–Crippen LogP) is 5.02. The first-order valence-corrected chi connectivity index (χ1v) is 8.21. The first-order chi connectivity index (χ1) is 12.8. The highest BCUT2D eigenvalue weighted by molar-refractivity contribution is 5.63. The van der Waals surface area contributed by atoms with Gasteiger partial charge in [0.1, 0.15) is 11.6 Å². The summed E-state index contributed by atoms with van der Waals surface area (Å²) in [5.74, 6) is 0. The van der Waals surface area contributed by atoms with Crippen molar-refractivity contribution in [1.82, 2.24) is 4.57 Å². The maximum absolute atomic E-state index is 13.5. The van der Waals surface area contributed by atoms with E-state index < -0.39 is 28.9 Å². The largest absolute Gasteiger partial charge is 0.417 e. The summed E-state index contributed by atoms with van der Waals surface area (Å²) in [5.41, 5.74) is -1.74. The normalized spacial score (nSPS) is 12.4. The van der Waals surface area contributed by atoms with Crippen molar-refractivity contribution >= 4 is 0 Å². The first-order valence-electron chi connectivity index (χ1n) is 8.21. The van der Waals surface area contributed by atoms with E-state index in [1.54, 1.807) is 61.5 Å². The van der Waals surface area contributed by atoms with E-state index in [1.807, 2.05) is 6.07 Å². The zero-order valence-electron chi connectivity index (χ0n) is 14.4. The highest BCUT2D eigenvalue weighted by Crippen LogP contribution is 2.35. The van der Waals surface area contributed by atoms with Crippen molar-refractivity contribution in [2.75, 3.05) is 0 Å². The molecule has 6 heteroatoms. The average Bonchev–Trinajstić information content (AvgIpc) is 2.67. The summed E-state index contributed by atoms with van der Waals surface area (Å²) in [4.78, 5) is 12.9. The molecule has 1 heterocycles. The summed E-state index contributed by atoms with van der Waals surface area (Å²) >= 11 is 0. The third-order valence-electron chi connectivity index (χ3n) is 4.40. The maximum Gasteiger partial charge on any atom is 0.417 e. The highest BCUT2D eigenvalue weighted by Gasteiger charge is 2.37. The molecule has 27 heavy (non-hydrogen) atoms. The highest BCUT2D eigenvalue weighted by atomic mass is 19.4. The summed E-state index contributed by atoms with van der Waals surface area (Å²) in [5, 5.41) is 9.24. The lowest BCUT2D eigenvalue weighted by Crippen LogP contribution is -2.30. The Hall–Kier alpha value is -3.33. The summed E-state index contributed by atoms with van der Waals surface area (Å²) in [6, 6.07) is 19.1. The molecule has 1 atom stereocenters. The van der Waals surface area contributed by atoms with Crippen molar-refractivity contribution in [2.24, 2.45) is 0 Å². The van der Waals surface area contributed by atoms with E-state index in [0.717, 1.165) is 11.6 Å². The van der Waals surface area contributed by atoms with Crippen molar-refractivity contribution in [2.45, 2.75) is 19.1 Å². The smallest absolute Gasteiger partial charge is 0.300 e. The van der Waals surface area contributed by atoms with Gasteiger partial charge in [0.15, 0.2) is 0 Å². The van der Waals surface area contributed by atoms with Crippen LogP contribution < -0.4 is 5.56 Å². The number of hydrogen-bond donors (Lipinski definition) is 0. The molecule has 0 N–H and O–H groups in total. The second-order valence-corrected chi connectivity index (χ2v) is 6.06. The van der Waals surface area contributed by atoms with Crippen LogP contribution in [-0.2, 0) is 6.18 Å². The Balaban J connectivity index is 2.38. The predicted molar refractivity (Wildman–Crippen MR) is 96.1 cm³/mol. The first kappa shape index (κ1) is 18.5. The molecular formula is C21H15F3N2O. The van der Waals surface area contributed by atoms with Crippen molar-refractivity contribution < 1.29 is 13.2 Å². The Morgan fingerprint density at radius 3 is 2.07 bits per heavy atom. The van der Waals surface area contributed by atoms with Gasteiger partial charge in [0.2, 0.25) is 0 Å². The molecule has 0 unspecified atom stereocenters. The third kappa shape index (κ3) is 3.49. The number of benzene rings is 2. The van der Waals surface area contributed by atoms with E-state index in [1.165, 1.54) is 10.6 Å². The zero-order chi connectivity index (χ0) is 19.6. The molecule has 136 valence electrons. The van der Waals surface area contributed by atoms with Crippen molar-refractivity contribution in [3.63, 3.8) is 0 Å². The van der Waals surface area contributed by atoms with Crippen LogP contribution in [0.3, 0.4) is 0 Å². The van der Waals surface area contributed by atoms with Gasteiger partial charge in [-0.25, -0.2) is 0 Å². The molecule has 3 rings (SSSR count). The minimum Gasteiger partial charge on any atom is -0.300 e. The molecule has 3 nitrogen and oxygen atoms in total. The van der Waals surface area contributed by atoms with Gasteiger partial charge >= 0.3 is 6.18 Å². The average molecular weight is 368 g/mol. The Labute approximate surface area is 153 Å². The summed E-state index contributed by atoms with van der Waals surface area (Å²) in [6.07, 6.45) is -4.80. The lowest BCUT2D eigenvalue weighted by Gasteiger charge is -2.23. The van der Waals surface area contributed by atoms with Gasteiger partial charge in [0, 0.05) is 0 Å². The monoisotopic (exact) mass is 368 g/mol. The Morgan fingerprint density at radius 2 is 1.56 bits per heavy atom. The van der Waals surface area contributed by atoms with E-state index in [0.29, 0.717) is 5.56 Å². The summed E-state index contributed by atoms with van der Waals surface area (Å²) in [7, 11) is 0. The van der Waals surface area contributed by atoms with Gasteiger partial charge in [-0.05, 0) is 24.1 Å². The molecular weight excluding hydrogens is 353 g/mol. The van der Waals surface area contributed by atoms with Gasteiger partial charge in [-0.2, -0.15) is 18.4 Å². The van der Waals surface area contributed by atoms with Crippen LogP contribution in [0.4, 0.5) is 13.2 Å². The third-order valence-corrected chi connectivity index (χ3v) is 4.40. The van der Waals surface area contributed by atoms with Crippen molar-refractivity contribution in [3.8, 4) is 17.3 Å². The molecule has 0 bridgehead atoms. The van der Waals surface area contributed by atoms with E-state index in [2.05, 4.69) is 0 Å². The SMILES string of the molecule is C[C@@H](c1ccccc1)n1c(-c2ccccc2)cc(C(F)(F)F)c(C#N)c1=O. The topological polar surface area (TPSA) is 45.8 Å². The number of rotatable bonds is 3. The van der Waals surface area contributed by atoms with Gasteiger partial charge in [0.05, 0.1) is 17.3 Å². The fraction of sp³-hybridized carbons (Fsp3) is 0.143. The van der Waals surface area contributed by atoms with Crippen LogP contribution in [-0.4, -0.2) is 4.57 Å². The molecule has 3 aromatic rings. The molecule has 0 aliphatic heterocycles. The molecule has 0 radical (unpaired) electrons. The van der Waals surface area contributed by atoms with Crippen LogP contribution in [0.15, 0.2) is 71.5 Å². The molecule has 0 amide bonds. The molecule has 0 aliphatic rings. The number of nitriles is 1. The van der Waals surface area contributed by atoms with Gasteiger partial charge in [-0.3, -0.25) is 9.36 Å². The number of hydrogen-bond acceptors (Lipinski definition) is 2. The standard InChI is InChI=1S/C21H15F3N2O/c1-14(15-8-4-2-5-9-15)26-19(16-10-6-3-7-11-16)12-18(21(22,23)24)17(13-25)20(26)27/h2-12,14H,1H3/t14-/m0/s1. The minimum absolute atomic E-state index is 0.114. The molecule has 0 fully saturated rings. The number of aromatic nitrogens is 1. The Bertz CT molecular complexity index is 1050. The summed E-state index contributed by atoms with van der Waals surface area (Å²) in [6.45, 7) is 1.72. The lowest BCUT2D eigenvalue weighted by atomic mass is 10.0. The van der Waals surface area contributed by atoms with Crippen LogP contribution in [0.5, 0.6) is 0 Å². The molecule has 0 spiro atoms. The van der Waals surface area contributed by atoms with Gasteiger partial charge in [-0.1, -0.05) is 60.7 Å². The molecule has 0 aliphatic carbocycles. The Morgan fingerprint density at radius 1 is 1.00 bits per heavy atom. The quantitative estimate of drug-likeness (QED) is 0.652. The van der Waals surface area contributed by atoms with Crippen LogP contribution in [0.1, 0.15) is 29.7 Å². The van der Waals surface area contributed by atoms with Crippen LogP contribution in [0, 0.1) is 11.3 Å². The molecule has 1 aromatic heterocycles. The second kappa shape index (κ2) is 7.12. The van der Waals surface area contributed by atoms with Gasteiger partial charge < -0.3 is 0 Å². The van der Waals surface area contributed by atoms with Gasteiger partial charge in [-0.15, -0.1) is 0 Å². The lowest BCUT2D eigenvalue weighted by molar-refractivity contribution is -0.137. The fourth-order valence-electron chi connectivity index (χ4n) is 3.05. The van der Waals surface area contributed by atoms with E-state index in [9.17, 15) is 23.2 Å². The van der Waals surface area contributed by atoms with Crippen LogP contribution >= 0.6 is 0 Å². The molecule has 0 saturated heterocycles. The van der Waals surface area contributed by atoms with Crippen LogP contribution in [0.25, 0.3) is 11.3 Å². The van der Waals surface area contributed by atoms with E-state index in [4.69, 9.17) is 0 Å². The maximum atomic E-state index is 13.5. The van der Waals surface area contributed by atoms with Crippen LogP contribution in [0.2, 0.25) is 0 Å². The van der Waals surface area contributed by atoms with Crippen molar-refractivity contribution in [3.05, 3.63) is 93.8 Å². The van der Waals surface area contributed by atoms with E-state index in [-0.39, 0.29) is 5.69 Å². The molecule has 2 aromatic carbocycles. The Kier molecular flexibility index (Phi) is 4.87. The second-order valence-electron chi connectivity index (χ2n) is 6.06. The minimum atomic E-state index is -4.80. The van der Waals surface area contributed by atoms with Gasteiger partial charge in [0.25, 0.3) is 5.56 Å². The fourth-order valence-corrected chi connectivity index (χ4v) is 3.05. The number of alkyl halides is 3. The number of halogens is 3. The summed E-state index contributed by atoms with van der Waals surface area (Å²) < 4.78 is 41.7. The zero-order valence-corrected chi connectivity index (χ0v) is 14.4. The number of nitrogens with zero attached hydrogens (tertiary/aromatic N) is 2. The van der Waals surface area contributed by atoms with Crippen molar-refractivity contribution in [1.29, 1.82) is 5.26 Å².